The van der Waals surface area contributed by atoms with E-state index in [9.17, 15) is 14.4 Å². The number of carbonyl (C=O) groups excluding carboxylic acids is 3. The second-order valence-corrected chi connectivity index (χ2v) is 7.58. The lowest BCUT2D eigenvalue weighted by Gasteiger charge is -2.13. The van der Waals surface area contributed by atoms with Crippen molar-refractivity contribution in [3.8, 4) is 0 Å². The molecule has 3 aromatic rings. The number of nitrogens with zero attached hydrogens (tertiary/aromatic N) is 2. The summed E-state index contributed by atoms with van der Waals surface area (Å²) in [6.45, 7) is 4.08. The van der Waals surface area contributed by atoms with Crippen molar-refractivity contribution in [3.05, 3.63) is 53.1 Å². The summed E-state index contributed by atoms with van der Waals surface area (Å²) in [5.74, 6) is -0.706. The maximum absolute atomic E-state index is 12.5. The van der Waals surface area contributed by atoms with Crippen molar-refractivity contribution >= 4 is 50.1 Å². The van der Waals surface area contributed by atoms with Crippen LogP contribution in [0.5, 0.6) is 0 Å². The van der Waals surface area contributed by atoms with Gasteiger partial charge in [0, 0.05) is 18.4 Å². The zero-order valence-electron chi connectivity index (χ0n) is 14.9. The van der Waals surface area contributed by atoms with Gasteiger partial charge in [-0.1, -0.05) is 11.3 Å². The van der Waals surface area contributed by atoms with Crippen LogP contribution in [-0.2, 0) is 9.59 Å². The number of anilines is 2. The lowest BCUT2D eigenvalue weighted by atomic mass is 10.1. The van der Waals surface area contributed by atoms with E-state index in [0.29, 0.717) is 16.4 Å². The van der Waals surface area contributed by atoms with E-state index in [1.165, 1.54) is 21.8 Å². The Morgan fingerprint density at radius 2 is 1.67 bits per heavy atom. The van der Waals surface area contributed by atoms with Gasteiger partial charge in [-0.2, -0.15) is 0 Å². The number of nitrogens with one attached hydrogen (secondary N) is 1. The van der Waals surface area contributed by atoms with Gasteiger partial charge in [-0.3, -0.25) is 24.6 Å². The molecule has 1 aromatic heterocycles. The lowest BCUT2D eigenvalue weighted by molar-refractivity contribution is -0.121. The molecule has 136 valence electrons. The summed E-state index contributed by atoms with van der Waals surface area (Å²) in [7, 11) is 0. The number of fused-ring (bicyclic) bond motifs is 1. The molecular weight excluding hydrogens is 362 g/mol. The van der Waals surface area contributed by atoms with E-state index in [2.05, 4.69) is 16.4 Å². The van der Waals surface area contributed by atoms with Crippen molar-refractivity contribution < 1.29 is 14.4 Å². The van der Waals surface area contributed by atoms with E-state index in [1.54, 1.807) is 24.3 Å². The van der Waals surface area contributed by atoms with Gasteiger partial charge in [-0.05, 0) is 61.4 Å². The van der Waals surface area contributed by atoms with E-state index < -0.39 is 0 Å². The number of imide groups is 1. The van der Waals surface area contributed by atoms with Crippen LogP contribution in [0.15, 0.2) is 36.4 Å². The first-order valence-electron chi connectivity index (χ1n) is 8.57. The Hall–Kier alpha value is -3.06. The summed E-state index contributed by atoms with van der Waals surface area (Å²) >= 11 is 1.43. The average Bonchev–Trinajstić information content (AvgIpc) is 3.17. The van der Waals surface area contributed by atoms with Crippen LogP contribution >= 0.6 is 11.3 Å². The van der Waals surface area contributed by atoms with Crippen LogP contribution in [0.4, 0.5) is 10.8 Å². The molecule has 3 amide bonds. The molecule has 0 unspecified atom stereocenters. The highest BCUT2D eigenvalue weighted by Crippen LogP contribution is 2.29. The molecule has 0 spiro atoms. The predicted molar refractivity (Wildman–Crippen MR) is 105 cm³/mol. The Bertz CT molecular complexity index is 1030. The minimum absolute atomic E-state index is 0.211. The van der Waals surface area contributed by atoms with Crippen LogP contribution in [0.2, 0.25) is 0 Å². The minimum Gasteiger partial charge on any atom is -0.298 e. The summed E-state index contributed by atoms with van der Waals surface area (Å²) in [5, 5.41) is 3.35. The Morgan fingerprint density at radius 1 is 1.04 bits per heavy atom. The van der Waals surface area contributed by atoms with E-state index in [4.69, 9.17) is 0 Å². The summed E-state index contributed by atoms with van der Waals surface area (Å²) in [6, 6.07) is 10.5. The third kappa shape index (κ3) is 3.21. The van der Waals surface area contributed by atoms with Gasteiger partial charge in [-0.15, -0.1) is 0 Å². The summed E-state index contributed by atoms with van der Waals surface area (Å²) in [4.78, 5) is 41.7. The molecule has 0 bridgehead atoms. The first-order chi connectivity index (χ1) is 12.9. The molecule has 1 aliphatic heterocycles. The second-order valence-electron chi connectivity index (χ2n) is 6.55. The molecule has 27 heavy (non-hydrogen) atoms. The van der Waals surface area contributed by atoms with Crippen molar-refractivity contribution in [2.45, 2.75) is 26.7 Å². The Balaban J connectivity index is 1.53. The van der Waals surface area contributed by atoms with Crippen molar-refractivity contribution in [1.29, 1.82) is 0 Å². The fourth-order valence-corrected chi connectivity index (χ4v) is 3.97. The van der Waals surface area contributed by atoms with Crippen LogP contribution in [0.25, 0.3) is 10.2 Å². The Labute approximate surface area is 159 Å². The molecule has 2 aromatic carbocycles. The average molecular weight is 379 g/mol. The van der Waals surface area contributed by atoms with Gasteiger partial charge in [0.1, 0.15) is 0 Å². The number of aromatic nitrogens is 1. The zero-order valence-corrected chi connectivity index (χ0v) is 15.7. The second kappa shape index (κ2) is 6.59. The number of aryl methyl sites for hydroxylation is 2. The van der Waals surface area contributed by atoms with Gasteiger partial charge >= 0.3 is 0 Å². The monoisotopic (exact) mass is 379 g/mol. The molecule has 2 heterocycles. The van der Waals surface area contributed by atoms with Crippen molar-refractivity contribution in [1.82, 2.24) is 4.98 Å². The molecule has 1 saturated heterocycles. The van der Waals surface area contributed by atoms with E-state index in [-0.39, 0.29) is 30.6 Å². The Morgan fingerprint density at radius 3 is 2.33 bits per heavy atom. The van der Waals surface area contributed by atoms with E-state index in [1.807, 2.05) is 19.9 Å². The fourth-order valence-electron chi connectivity index (χ4n) is 3.03. The molecule has 7 heteroatoms. The van der Waals surface area contributed by atoms with Crippen molar-refractivity contribution in [3.63, 3.8) is 0 Å². The molecular formula is C20H17N3O3S. The largest absolute Gasteiger partial charge is 0.298 e. The maximum Gasteiger partial charge on any atom is 0.257 e. The number of amides is 3. The van der Waals surface area contributed by atoms with Crippen molar-refractivity contribution in [2.75, 3.05) is 10.2 Å². The van der Waals surface area contributed by atoms with Gasteiger partial charge in [0.15, 0.2) is 5.13 Å². The smallest absolute Gasteiger partial charge is 0.257 e. The highest BCUT2D eigenvalue weighted by molar-refractivity contribution is 7.22. The highest BCUT2D eigenvalue weighted by Gasteiger charge is 2.30. The predicted octanol–water partition coefficient (Wildman–Crippen LogP) is 3.82. The quantitative estimate of drug-likeness (QED) is 0.702. The summed E-state index contributed by atoms with van der Waals surface area (Å²) in [6.07, 6.45) is 0.468. The van der Waals surface area contributed by atoms with Crippen LogP contribution in [0.3, 0.4) is 0 Å². The topological polar surface area (TPSA) is 79.4 Å². The zero-order chi connectivity index (χ0) is 19.1. The number of carbonyl (C=O) groups is 3. The van der Waals surface area contributed by atoms with Crippen LogP contribution in [0, 0.1) is 13.8 Å². The van der Waals surface area contributed by atoms with Crippen LogP contribution in [0.1, 0.15) is 34.3 Å². The number of hydrogen-bond donors (Lipinski definition) is 1. The molecule has 0 atom stereocenters. The van der Waals surface area contributed by atoms with Gasteiger partial charge in [-0.25, -0.2) is 4.98 Å². The lowest BCUT2D eigenvalue weighted by Crippen LogP contribution is -2.28. The molecule has 0 radical (unpaired) electrons. The Kier molecular flexibility index (Phi) is 4.24. The molecule has 0 saturated carbocycles. The molecule has 1 aliphatic rings. The summed E-state index contributed by atoms with van der Waals surface area (Å²) < 4.78 is 1.02. The summed E-state index contributed by atoms with van der Waals surface area (Å²) in [5.41, 5.74) is 4.13. The number of hydrogen-bond acceptors (Lipinski definition) is 5. The van der Waals surface area contributed by atoms with Crippen molar-refractivity contribution in [2.24, 2.45) is 0 Å². The van der Waals surface area contributed by atoms with E-state index in [0.717, 1.165) is 15.8 Å². The normalized spacial score (nSPS) is 14.2. The van der Waals surface area contributed by atoms with Gasteiger partial charge in [0.25, 0.3) is 5.91 Å². The molecule has 1 fully saturated rings. The molecule has 1 N–H and O–H groups in total. The third-order valence-corrected chi connectivity index (χ3v) is 5.60. The number of thiazole rings is 1. The maximum atomic E-state index is 12.5. The molecule has 6 nitrogen and oxygen atoms in total. The minimum atomic E-state index is -0.284. The first-order valence-corrected chi connectivity index (χ1v) is 9.39. The van der Waals surface area contributed by atoms with Crippen LogP contribution < -0.4 is 10.2 Å². The van der Waals surface area contributed by atoms with Crippen LogP contribution in [-0.4, -0.2) is 22.7 Å². The third-order valence-electron chi connectivity index (χ3n) is 4.66. The fraction of sp³-hybridized carbons (Fsp3) is 0.200. The van der Waals surface area contributed by atoms with E-state index >= 15 is 0 Å². The standard InChI is InChI=1S/C20H17N3O3S/c1-11-9-15-16(10-12(11)2)27-20(21-15)22-19(26)13-3-5-14(6-4-13)23-17(24)7-8-18(23)25/h3-6,9-10H,7-8H2,1-2H3,(H,21,22,26). The first kappa shape index (κ1) is 17.4. The van der Waals surface area contributed by atoms with Gasteiger partial charge in [0.2, 0.25) is 11.8 Å². The van der Waals surface area contributed by atoms with Gasteiger partial charge < -0.3 is 0 Å². The SMILES string of the molecule is Cc1cc2nc(NC(=O)c3ccc(N4C(=O)CCC4=O)cc3)sc2cc1C. The molecule has 0 aliphatic carbocycles. The number of benzene rings is 2. The molecule has 4 rings (SSSR count). The number of rotatable bonds is 3. The van der Waals surface area contributed by atoms with Gasteiger partial charge in [0.05, 0.1) is 15.9 Å². The highest BCUT2D eigenvalue weighted by atomic mass is 32.1.